The fraction of sp³-hybridized carbons (Fsp3) is 0.692. The molecule has 0 saturated heterocycles. The first-order chi connectivity index (χ1) is 8.33. The largest absolute Gasteiger partial charge is 0.350 e. The molecule has 2 aliphatic rings. The molecule has 2 saturated carbocycles. The number of hydrogen-bond acceptors (Lipinski definition) is 3. The van der Waals surface area contributed by atoms with Gasteiger partial charge in [0.25, 0.3) is 0 Å². The first-order valence-corrected chi connectivity index (χ1v) is 7.43. The maximum atomic E-state index is 11.8. The third-order valence-electron chi connectivity index (χ3n) is 3.67. The highest BCUT2D eigenvalue weighted by molar-refractivity contribution is 7.09. The van der Waals surface area contributed by atoms with Crippen molar-refractivity contribution in [3.05, 3.63) is 16.1 Å². The van der Waals surface area contributed by atoms with E-state index in [1.165, 1.54) is 30.7 Å². The average Bonchev–Trinajstić information content (AvgIpc) is 2.88. The van der Waals surface area contributed by atoms with Crippen LogP contribution < -0.4 is 5.32 Å². The number of hydrogen-bond donors (Lipinski definition) is 1. The van der Waals surface area contributed by atoms with Crippen molar-refractivity contribution in [1.29, 1.82) is 0 Å². The van der Waals surface area contributed by atoms with Crippen LogP contribution in [0.15, 0.2) is 5.38 Å². The van der Waals surface area contributed by atoms with Crippen molar-refractivity contribution in [2.45, 2.75) is 51.0 Å². The number of amides is 1. The van der Waals surface area contributed by atoms with Gasteiger partial charge in [-0.2, -0.15) is 0 Å². The number of nitrogens with one attached hydrogen (secondary N) is 1. The molecule has 0 aliphatic heterocycles. The van der Waals surface area contributed by atoms with Gasteiger partial charge in [-0.25, -0.2) is 4.98 Å². The maximum Gasteiger partial charge on any atom is 0.223 e. The monoisotopic (exact) mass is 250 g/mol. The molecule has 0 radical (unpaired) electrons. The van der Waals surface area contributed by atoms with E-state index in [1.807, 2.05) is 0 Å². The summed E-state index contributed by atoms with van der Waals surface area (Å²) in [5, 5.41) is 6.36. The summed E-state index contributed by atoms with van der Waals surface area (Å²) in [6, 6.07) is 0. The molecule has 3 nitrogen and oxygen atoms in total. The Morgan fingerprint density at radius 3 is 2.82 bits per heavy atom. The molecule has 0 aromatic carbocycles. The SMILES string of the molecule is O=C(NCc1csc(C2CC2)n1)C1CCCC1. The van der Waals surface area contributed by atoms with E-state index in [9.17, 15) is 4.79 Å². The molecule has 0 atom stereocenters. The summed E-state index contributed by atoms with van der Waals surface area (Å²) in [4.78, 5) is 16.4. The van der Waals surface area contributed by atoms with Crippen molar-refractivity contribution < 1.29 is 4.79 Å². The number of carbonyl (C=O) groups is 1. The van der Waals surface area contributed by atoms with E-state index < -0.39 is 0 Å². The second-order valence-electron chi connectivity index (χ2n) is 5.15. The van der Waals surface area contributed by atoms with E-state index >= 15 is 0 Å². The molecule has 92 valence electrons. The van der Waals surface area contributed by atoms with Crippen molar-refractivity contribution in [1.82, 2.24) is 10.3 Å². The molecule has 0 unspecified atom stereocenters. The predicted octanol–water partition coefficient (Wildman–Crippen LogP) is 2.83. The van der Waals surface area contributed by atoms with Crippen LogP contribution in [0.3, 0.4) is 0 Å². The van der Waals surface area contributed by atoms with Crippen LogP contribution in [-0.4, -0.2) is 10.9 Å². The van der Waals surface area contributed by atoms with E-state index in [1.54, 1.807) is 11.3 Å². The standard InChI is InChI=1S/C13H18N2OS/c16-12(9-3-1-2-4-9)14-7-11-8-17-13(15-11)10-5-6-10/h8-10H,1-7H2,(H,14,16). The molecule has 4 heteroatoms. The Hall–Kier alpha value is -0.900. The molecule has 1 aromatic rings. The Balaban J connectivity index is 1.50. The summed E-state index contributed by atoms with van der Waals surface area (Å²) in [6.07, 6.45) is 7.14. The zero-order chi connectivity index (χ0) is 11.7. The highest BCUT2D eigenvalue weighted by Gasteiger charge is 2.27. The predicted molar refractivity (Wildman–Crippen MR) is 67.9 cm³/mol. The third-order valence-corrected chi connectivity index (χ3v) is 4.72. The van der Waals surface area contributed by atoms with Gasteiger partial charge in [0.15, 0.2) is 0 Å². The molecule has 3 rings (SSSR count). The van der Waals surface area contributed by atoms with Gasteiger partial charge in [-0.15, -0.1) is 11.3 Å². The highest BCUT2D eigenvalue weighted by atomic mass is 32.1. The van der Waals surface area contributed by atoms with Crippen LogP contribution in [0.4, 0.5) is 0 Å². The Morgan fingerprint density at radius 2 is 2.12 bits per heavy atom. The fourth-order valence-electron chi connectivity index (χ4n) is 2.43. The van der Waals surface area contributed by atoms with E-state index in [4.69, 9.17) is 0 Å². The minimum atomic E-state index is 0.225. The Morgan fingerprint density at radius 1 is 1.35 bits per heavy atom. The fourth-order valence-corrected chi connectivity index (χ4v) is 3.42. The summed E-state index contributed by atoms with van der Waals surface area (Å²) in [5.41, 5.74) is 1.03. The van der Waals surface area contributed by atoms with Crippen LogP contribution in [0, 0.1) is 5.92 Å². The minimum absolute atomic E-state index is 0.225. The molecule has 0 bridgehead atoms. The summed E-state index contributed by atoms with van der Waals surface area (Å²) >= 11 is 1.74. The molecular formula is C13H18N2OS. The van der Waals surface area contributed by atoms with Gasteiger partial charge in [0.2, 0.25) is 5.91 Å². The molecule has 2 aliphatic carbocycles. The van der Waals surface area contributed by atoms with E-state index in [-0.39, 0.29) is 11.8 Å². The van der Waals surface area contributed by atoms with E-state index in [0.717, 1.165) is 24.5 Å². The van der Waals surface area contributed by atoms with Crippen LogP contribution in [0.25, 0.3) is 0 Å². The van der Waals surface area contributed by atoms with Crippen molar-refractivity contribution in [2.75, 3.05) is 0 Å². The van der Waals surface area contributed by atoms with Crippen LogP contribution in [0.1, 0.15) is 55.1 Å². The van der Waals surface area contributed by atoms with Gasteiger partial charge in [-0.05, 0) is 25.7 Å². The van der Waals surface area contributed by atoms with Crippen LogP contribution in [0.2, 0.25) is 0 Å². The lowest BCUT2D eigenvalue weighted by molar-refractivity contribution is -0.124. The van der Waals surface area contributed by atoms with Gasteiger partial charge in [-0.1, -0.05) is 12.8 Å². The topological polar surface area (TPSA) is 42.0 Å². The quantitative estimate of drug-likeness (QED) is 0.892. The Bertz CT molecular complexity index is 405. The second-order valence-corrected chi connectivity index (χ2v) is 6.04. The molecular weight excluding hydrogens is 232 g/mol. The average molecular weight is 250 g/mol. The lowest BCUT2D eigenvalue weighted by Gasteiger charge is -2.08. The summed E-state index contributed by atoms with van der Waals surface area (Å²) in [5.74, 6) is 1.21. The number of carbonyl (C=O) groups excluding carboxylic acids is 1. The lowest BCUT2D eigenvalue weighted by atomic mass is 10.1. The zero-order valence-corrected chi connectivity index (χ0v) is 10.8. The van der Waals surface area contributed by atoms with Gasteiger partial charge in [0.05, 0.1) is 17.2 Å². The van der Waals surface area contributed by atoms with Crippen molar-refractivity contribution >= 4 is 17.2 Å². The lowest BCUT2D eigenvalue weighted by Crippen LogP contribution is -2.28. The van der Waals surface area contributed by atoms with Crippen molar-refractivity contribution in [3.63, 3.8) is 0 Å². The zero-order valence-electron chi connectivity index (χ0n) is 9.95. The van der Waals surface area contributed by atoms with Crippen molar-refractivity contribution in [3.8, 4) is 0 Å². The molecule has 1 amide bonds. The molecule has 1 N–H and O–H groups in total. The molecule has 17 heavy (non-hydrogen) atoms. The summed E-state index contributed by atoms with van der Waals surface area (Å²) < 4.78 is 0. The van der Waals surface area contributed by atoms with Crippen LogP contribution in [-0.2, 0) is 11.3 Å². The first-order valence-electron chi connectivity index (χ1n) is 6.55. The first kappa shape index (κ1) is 11.2. The number of nitrogens with zero attached hydrogens (tertiary/aromatic N) is 1. The van der Waals surface area contributed by atoms with Gasteiger partial charge in [0, 0.05) is 17.2 Å². The number of aromatic nitrogens is 1. The summed E-state index contributed by atoms with van der Waals surface area (Å²) in [7, 11) is 0. The van der Waals surface area contributed by atoms with Crippen molar-refractivity contribution in [2.24, 2.45) is 5.92 Å². The van der Waals surface area contributed by atoms with Crippen LogP contribution >= 0.6 is 11.3 Å². The van der Waals surface area contributed by atoms with Gasteiger partial charge in [-0.3, -0.25) is 4.79 Å². The van der Waals surface area contributed by atoms with Gasteiger partial charge < -0.3 is 5.32 Å². The molecule has 2 fully saturated rings. The van der Waals surface area contributed by atoms with Gasteiger partial charge >= 0.3 is 0 Å². The number of rotatable bonds is 4. The smallest absolute Gasteiger partial charge is 0.223 e. The second kappa shape index (κ2) is 4.77. The third kappa shape index (κ3) is 2.68. The van der Waals surface area contributed by atoms with Gasteiger partial charge in [0.1, 0.15) is 0 Å². The highest BCUT2D eigenvalue weighted by Crippen LogP contribution is 2.41. The van der Waals surface area contributed by atoms with E-state index in [2.05, 4.69) is 15.7 Å². The van der Waals surface area contributed by atoms with Crippen LogP contribution in [0.5, 0.6) is 0 Å². The molecule has 1 aromatic heterocycles. The minimum Gasteiger partial charge on any atom is -0.350 e. The molecule has 1 heterocycles. The Labute approximate surface area is 106 Å². The Kier molecular flexibility index (Phi) is 3.14. The summed E-state index contributed by atoms with van der Waals surface area (Å²) in [6.45, 7) is 0.610. The van der Waals surface area contributed by atoms with E-state index in [0.29, 0.717) is 6.54 Å². The number of thiazole rings is 1. The normalized spacial score (nSPS) is 20.7. The molecule has 0 spiro atoms. The maximum absolute atomic E-state index is 11.8.